The van der Waals surface area contributed by atoms with Crippen LogP contribution < -0.4 is 9.47 Å². The zero-order chi connectivity index (χ0) is 23.8. The molecule has 174 valence electrons. The molecule has 2 aromatic carbocycles. The Morgan fingerprint density at radius 1 is 1.18 bits per heavy atom. The Morgan fingerprint density at radius 2 is 1.94 bits per heavy atom. The molecule has 0 aromatic heterocycles. The molecule has 0 unspecified atom stereocenters. The highest BCUT2D eigenvalue weighted by molar-refractivity contribution is 14.1. The van der Waals surface area contributed by atoms with Gasteiger partial charge in [0.05, 0.1) is 22.2 Å². The van der Waals surface area contributed by atoms with Crippen molar-refractivity contribution in [1.82, 2.24) is 4.90 Å². The summed E-state index contributed by atoms with van der Waals surface area (Å²) in [7, 11) is 1.54. The lowest BCUT2D eigenvalue weighted by molar-refractivity contribution is -0.146. The number of imide groups is 1. The van der Waals surface area contributed by atoms with E-state index in [2.05, 4.69) is 22.6 Å². The van der Waals surface area contributed by atoms with Gasteiger partial charge in [0.15, 0.2) is 11.5 Å². The van der Waals surface area contributed by atoms with Crippen molar-refractivity contribution in [3.63, 3.8) is 0 Å². The first-order valence-electron chi connectivity index (χ1n) is 10.4. The second kappa shape index (κ2) is 12.1. The smallest absolute Gasteiger partial charge is 0.326 e. The van der Waals surface area contributed by atoms with Gasteiger partial charge >= 0.3 is 5.97 Å². The number of ether oxygens (including phenoxy) is 3. The molecule has 0 N–H and O–H groups in total. The van der Waals surface area contributed by atoms with Crippen molar-refractivity contribution in [3.8, 4) is 11.5 Å². The second-order valence-electron chi connectivity index (χ2n) is 7.15. The molecule has 2 amide bonds. The van der Waals surface area contributed by atoms with E-state index in [1.807, 2.05) is 43.3 Å². The highest BCUT2D eigenvalue weighted by Crippen LogP contribution is 2.37. The number of amides is 2. The number of hydrogen-bond acceptors (Lipinski definition) is 7. The molecule has 1 heterocycles. The minimum Gasteiger partial charge on any atom is -0.493 e. The second-order valence-corrected chi connectivity index (χ2v) is 9.31. The van der Waals surface area contributed by atoms with Gasteiger partial charge in [-0.1, -0.05) is 43.7 Å². The van der Waals surface area contributed by atoms with E-state index in [-0.39, 0.29) is 11.5 Å². The molecule has 0 atom stereocenters. The normalized spacial score (nSPS) is 14.6. The summed E-state index contributed by atoms with van der Waals surface area (Å²) in [4.78, 5) is 38.1. The van der Waals surface area contributed by atoms with E-state index < -0.39 is 23.7 Å². The van der Waals surface area contributed by atoms with Gasteiger partial charge in [-0.05, 0) is 70.1 Å². The molecule has 1 aliphatic heterocycles. The fourth-order valence-electron chi connectivity index (χ4n) is 2.99. The topological polar surface area (TPSA) is 82.1 Å². The molecule has 0 aliphatic carbocycles. The third-order valence-corrected chi connectivity index (χ3v) is 6.41. The molecule has 1 saturated heterocycles. The Morgan fingerprint density at radius 3 is 2.64 bits per heavy atom. The number of carbonyl (C=O) groups excluding carboxylic acids is 3. The van der Waals surface area contributed by atoms with Crippen LogP contribution in [0.15, 0.2) is 47.4 Å². The highest BCUT2D eigenvalue weighted by atomic mass is 127. The maximum atomic E-state index is 12.7. The van der Waals surface area contributed by atoms with Gasteiger partial charge in [-0.15, -0.1) is 0 Å². The number of methoxy groups -OCH3 is 1. The molecule has 0 saturated carbocycles. The number of benzene rings is 2. The third-order valence-electron chi connectivity index (χ3n) is 4.70. The first-order valence-corrected chi connectivity index (χ1v) is 12.3. The predicted molar refractivity (Wildman–Crippen MR) is 135 cm³/mol. The number of carbonyl (C=O) groups is 3. The number of hydrogen-bond donors (Lipinski definition) is 0. The molecule has 9 heteroatoms. The molecule has 7 nitrogen and oxygen atoms in total. The van der Waals surface area contributed by atoms with E-state index in [9.17, 15) is 14.4 Å². The van der Waals surface area contributed by atoms with Crippen molar-refractivity contribution in [2.24, 2.45) is 0 Å². The molecule has 3 rings (SSSR count). The van der Waals surface area contributed by atoms with Crippen molar-refractivity contribution in [1.29, 1.82) is 0 Å². The van der Waals surface area contributed by atoms with Crippen molar-refractivity contribution < 1.29 is 28.6 Å². The molecule has 33 heavy (non-hydrogen) atoms. The molecule has 1 aliphatic rings. The van der Waals surface area contributed by atoms with E-state index in [0.717, 1.165) is 38.6 Å². The van der Waals surface area contributed by atoms with Gasteiger partial charge in [0, 0.05) is 0 Å². The zero-order valence-electron chi connectivity index (χ0n) is 18.3. The van der Waals surface area contributed by atoms with Gasteiger partial charge in [-0.2, -0.15) is 0 Å². The van der Waals surface area contributed by atoms with Crippen LogP contribution in [0.5, 0.6) is 11.5 Å². The monoisotopic (exact) mass is 581 g/mol. The van der Waals surface area contributed by atoms with Gasteiger partial charge in [-0.3, -0.25) is 19.3 Å². The highest BCUT2D eigenvalue weighted by Gasteiger charge is 2.36. The van der Waals surface area contributed by atoms with Crippen LogP contribution in [0.4, 0.5) is 4.79 Å². The Hall–Kier alpha value is -2.53. The summed E-state index contributed by atoms with van der Waals surface area (Å²) in [6.45, 7) is 2.25. The van der Waals surface area contributed by atoms with Crippen LogP contribution in [-0.4, -0.2) is 42.3 Å². The van der Waals surface area contributed by atoms with Crippen molar-refractivity contribution in [3.05, 3.63) is 62.1 Å². The van der Waals surface area contributed by atoms with E-state index in [0.29, 0.717) is 23.7 Å². The van der Waals surface area contributed by atoms with Crippen LogP contribution in [0.1, 0.15) is 30.9 Å². The lowest BCUT2D eigenvalue weighted by Gasteiger charge is -2.14. The minimum atomic E-state index is -0.594. The van der Waals surface area contributed by atoms with Gasteiger partial charge < -0.3 is 14.2 Å². The number of unbranched alkanes of at least 4 members (excludes halogenated alkanes) is 1. The summed E-state index contributed by atoms with van der Waals surface area (Å²) < 4.78 is 17.3. The predicted octanol–water partition coefficient (Wildman–Crippen LogP) is 5.26. The summed E-state index contributed by atoms with van der Waals surface area (Å²) in [6.07, 6.45) is 3.23. The lowest BCUT2D eigenvalue weighted by atomic mass is 10.1. The standard InChI is InChI=1S/C24H24INO6S/c1-3-4-10-31-21(27)14-26-23(28)20(33-24(26)29)13-17-11-18(25)22(19(12-17)30-2)32-15-16-8-6-5-7-9-16/h5-9,11-13H,3-4,10,14-15H2,1-2H3/b20-13+. The van der Waals surface area contributed by atoms with Crippen LogP contribution in [0.3, 0.4) is 0 Å². The molecular formula is C24H24INO6S. The van der Waals surface area contributed by atoms with E-state index in [1.165, 1.54) is 0 Å². The molecule has 0 spiro atoms. The largest absolute Gasteiger partial charge is 0.493 e. The summed E-state index contributed by atoms with van der Waals surface area (Å²) in [5.74, 6) is 0.00352. The van der Waals surface area contributed by atoms with E-state index >= 15 is 0 Å². The Kier molecular flexibility index (Phi) is 9.19. The molecule has 0 bridgehead atoms. The van der Waals surface area contributed by atoms with Crippen molar-refractivity contribution >= 4 is 57.5 Å². The van der Waals surface area contributed by atoms with Crippen molar-refractivity contribution in [2.75, 3.05) is 20.3 Å². The van der Waals surface area contributed by atoms with Crippen LogP contribution >= 0.6 is 34.4 Å². The third kappa shape index (κ3) is 6.73. The fraction of sp³-hybridized carbons (Fsp3) is 0.292. The van der Waals surface area contributed by atoms with E-state index in [4.69, 9.17) is 14.2 Å². The number of esters is 1. The van der Waals surface area contributed by atoms with Crippen LogP contribution in [0.2, 0.25) is 0 Å². The molecule has 1 fully saturated rings. The molecule has 2 aromatic rings. The SMILES string of the molecule is CCCCOC(=O)CN1C(=O)S/C(=C/c2cc(I)c(OCc3ccccc3)c(OC)c2)C1=O. The summed E-state index contributed by atoms with van der Waals surface area (Å²) in [5, 5.41) is -0.497. The summed E-state index contributed by atoms with van der Waals surface area (Å²) >= 11 is 2.94. The molecule has 0 radical (unpaired) electrons. The number of halogens is 1. The van der Waals surface area contributed by atoms with Gasteiger partial charge in [0.1, 0.15) is 13.2 Å². The van der Waals surface area contributed by atoms with Crippen LogP contribution in [0.25, 0.3) is 6.08 Å². The Labute approximate surface area is 210 Å². The number of rotatable bonds is 10. The van der Waals surface area contributed by atoms with Crippen LogP contribution in [0, 0.1) is 3.57 Å². The maximum Gasteiger partial charge on any atom is 0.326 e. The van der Waals surface area contributed by atoms with Gasteiger partial charge in [0.2, 0.25) is 0 Å². The summed E-state index contributed by atoms with van der Waals surface area (Å²) in [5.41, 5.74) is 1.71. The fourth-order valence-corrected chi connectivity index (χ4v) is 4.61. The average Bonchev–Trinajstić information content (AvgIpc) is 3.06. The maximum absolute atomic E-state index is 12.7. The van der Waals surface area contributed by atoms with Crippen molar-refractivity contribution in [2.45, 2.75) is 26.4 Å². The minimum absolute atomic E-state index is 0.233. The van der Waals surface area contributed by atoms with Gasteiger partial charge in [-0.25, -0.2) is 0 Å². The number of thioether (sulfide) groups is 1. The van der Waals surface area contributed by atoms with E-state index in [1.54, 1.807) is 19.3 Å². The first kappa shape index (κ1) is 25.1. The van der Waals surface area contributed by atoms with Gasteiger partial charge in [0.25, 0.3) is 11.1 Å². The molecular weight excluding hydrogens is 557 g/mol. The lowest BCUT2D eigenvalue weighted by Crippen LogP contribution is -2.34. The Balaban J connectivity index is 1.73. The van der Waals surface area contributed by atoms with Crippen LogP contribution in [-0.2, 0) is 20.9 Å². The Bertz CT molecular complexity index is 1060. The number of nitrogens with zero attached hydrogens (tertiary/aromatic N) is 1. The average molecular weight is 581 g/mol. The first-order chi connectivity index (χ1) is 15.9. The summed E-state index contributed by atoms with van der Waals surface area (Å²) in [6, 6.07) is 13.4. The quantitative estimate of drug-likeness (QED) is 0.164. The zero-order valence-corrected chi connectivity index (χ0v) is 21.3.